The normalized spacial score (nSPS) is 39.1. The molecule has 0 aromatic heterocycles. The number of hydrogen-bond donors (Lipinski definition) is 1. The zero-order valence-corrected chi connectivity index (χ0v) is 14.9. The predicted molar refractivity (Wildman–Crippen MR) is 74.0 cm³/mol. The molecule has 1 unspecified atom stereocenters. The standard InChI is InChI=1S/C15H31INO/c1-6-11(3)9-8-10-14-12(4)16-13(5)18-15(14,17)7-2/h11-14H,6-10,17H2,1-5H3/q-1/t11-,12-,13?,14-,15+/m1/s1. The fraction of sp³-hybridized carbons (Fsp3) is 1.00. The Hall–Kier alpha value is 0.650. The van der Waals surface area contributed by atoms with Crippen molar-refractivity contribution in [2.75, 3.05) is 0 Å². The van der Waals surface area contributed by atoms with Gasteiger partial charge in [-0.1, -0.05) is 0 Å². The zero-order valence-electron chi connectivity index (χ0n) is 12.7. The van der Waals surface area contributed by atoms with Gasteiger partial charge in [-0.25, -0.2) is 0 Å². The summed E-state index contributed by atoms with van der Waals surface area (Å²) in [5.41, 5.74) is 6.17. The molecule has 0 aromatic rings. The van der Waals surface area contributed by atoms with Gasteiger partial charge in [0.15, 0.2) is 0 Å². The third-order valence-corrected chi connectivity index (χ3v) is 7.67. The molecule has 18 heavy (non-hydrogen) atoms. The number of rotatable bonds is 6. The Morgan fingerprint density at radius 1 is 1.33 bits per heavy atom. The molecular weight excluding hydrogens is 337 g/mol. The molecule has 5 atom stereocenters. The third-order valence-electron chi connectivity index (χ3n) is 4.40. The Bertz CT molecular complexity index is 249. The summed E-state index contributed by atoms with van der Waals surface area (Å²) in [7, 11) is 0. The van der Waals surface area contributed by atoms with Gasteiger partial charge in [-0.15, -0.1) is 0 Å². The van der Waals surface area contributed by atoms with Crippen LogP contribution >= 0.6 is 0 Å². The minimum absolute atomic E-state index is 0.144. The average molecular weight is 368 g/mol. The third kappa shape index (κ3) is 4.34. The van der Waals surface area contributed by atoms with E-state index in [-0.39, 0.29) is 26.9 Å². The van der Waals surface area contributed by atoms with Gasteiger partial charge >= 0.3 is 124 Å². The SMILES string of the molecule is CC[C@@H](C)CCC[C@@H]1[C@@H](C)[I-]C(C)O[C@@]1(N)CC. The molecule has 1 fully saturated rings. The summed E-state index contributed by atoms with van der Waals surface area (Å²) in [6, 6.07) is 0. The van der Waals surface area contributed by atoms with Crippen LogP contribution in [0.25, 0.3) is 0 Å². The van der Waals surface area contributed by atoms with Crippen molar-refractivity contribution in [3.63, 3.8) is 0 Å². The second-order valence-corrected chi connectivity index (χ2v) is 10.3. The van der Waals surface area contributed by atoms with Crippen molar-refractivity contribution in [1.29, 1.82) is 0 Å². The van der Waals surface area contributed by atoms with E-state index >= 15 is 0 Å². The molecule has 0 aromatic carbocycles. The molecule has 0 bridgehead atoms. The van der Waals surface area contributed by atoms with Gasteiger partial charge in [0.05, 0.1) is 0 Å². The maximum absolute atomic E-state index is 6.53. The molecule has 1 aliphatic heterocycles. The molecule has 1 heterocycles. The van der Waals surface area contributed by atoms with Crippen molar-refractivity contribution < 1.29 is 25.9 Å². The number of ether oxygens (including phenoxy) is 1. The Morgan fingerprint density at radius 2 is 2.00 bits per heavy atom. The van der Waals surface area contributed by atoms with Crippen molar-refractivity contribution in [1.82, 2.24) is 0 Å². The van der Waals surface area contributed by atoms with Crippen LogP contribution in [0.15, 0.2) is 0 Å². The van der Waals surface area contributed by atoms with Crippen molar-refractivity contribution in [2.24, 2.45) is 17.6 Å². The quantitative estimate of drug-likeness (QED) is 0.555. The summed E-state index contributed by atoms with van der Waals surface area (Å²) < 4.78 is 7.34. The van der Waals surface area contributed by atoms with Gasteiger partial charge in [0.25, 0.3) is 0 Å². The second kappa shape index (κ2) is 7.44. The predicted octanol–water partition coefficient (Wildman–Crippen LogP) is 0.738. The molecule has 0 spiro atoms. The van der Waals surface area contributed by atoms with E-state index < -0.39 is 0 Å². The van der Waals surface area contributed by atoms with Crippen LogP contribution in [0.4, 0.5) is 0 Å². The van der Waals surface area contributed by atoms with Crippen LogP contribution in [0.1, 0.15) is 66.7 Å². The molecule has 0 amide bonds. The van der Waals surface area contributed by atoms with E-state index in [1.54, 1.807) is 0 Å². The first-order valence-corrected chi connectivity index (χ1v) is 10.0. The van der Waals surface area contributed by atoms with Crippen LogP contribution in [0.5, 0.6) is 0 Å². The monoisotopic (exact) mass is 368 g/mol. The molecule has 110 valence electrons. The number of nitrogens with two attached hydrogens (primary N) is 1. The van der Waals surface area contributed by atoms with Crippen LogP contribution in [-0.2, 0) is 4.74 Å². The van der Waals surface area contributed by atoms with E-state index in [1.165, 1.54) is 25.7 Å². The first-order chi connectivity index (χ1) is 8.42. The summed E-state index contributed by atoms with van der Waals surface area (Å²) in [4.78, 5) is 0. The average Bonchev–Trinajstić information content (AvgIpc) is 2.32. The van der Waals surface area contributed by atoms with Crippen molar-refractivity contribution in [2.45, 2.75) is 80.5 Å². The van der Waals surface area contributed by atoms with Crippen molar-refractivity contribution in [3.8, 4) is 0 Å². The summed E-state index contributed by atoms with van der Waals surface area (Å²) >= 11 is 0.144. The minimum atomic E-state index is -0.355. The van der Waals surface area contributed by atoms with E-state index in [2.05, 4.69) is 34.6 Å². The first-order valence-electron chi connectivity index (χ1n) is 7.51. The van der Waals surface area contributed by atoms with E-state index in [9.17, 15) is 0 Å². The molecule has 0 radical (unpaired) electrons. The Balaban J connectivity index is 2.54. The van der Waals surface area contributed by atoms with Crippen molar-refractivity contribution >= 4 is 0 Å². The van der Waals surface area contributed by atoms with Crippen LogP contribution in [0.2, 0.25) is 0 Å². The summed E-state index contributed by atoms with van der Waals surface area (Å²) in [6.07, 6.45) is 6.14. The molecule has 3 heteroatoms. The molecule has 1 rings (SSSR count). The van der Waals surface area contributed by atoms with Crippen LogP contribution in [-0.4, -0.2) is 13.8 Å². The molecule has 0 saturated carbocycles. The van der Waals surface area contributed by atoms with Crippen LogP contribution in [0, 0.1) is 11.8 Å². The topological polar surface area (TPSA) is 35.2 Å². The number of halogens is 1. The van der Waals surface area contributed by atoms with Crippen molar-refractivity contribution in [3.05, 3.63) is 0 Å². The van der Waals surface area contributed by atoms with E-state index in [1.807, 2.05) is 0 Å². The van der Waals surface area contributed by atoms with Gasteiger partial charge in [-0.2, -0.15) is 0 Å². The zero-order chi connectivity index (χ0) is 13.8. The van der Waals surface area contributed by atoms with Gasteiger partial charge in [-0.3, -0.25) is 0 Å². The first kappa shape index (κ1) is 16.7. The van der Waals surface area contributed by atoms with Crippen LogP contribution in [0.3, 0.4) is 0 Å². The molecular formula is C15H31INO-. The molecule has 2 N–H and O–H groups in total. The number of alkyl halides is 2. The van der Waals surface area contributed by atoms with Gasteiger partial charge in [-0.05, 0) is 0 Å². The summed E-state index contributed by atoms with van der Waals surface area (Å²) in [5.74, 6) is 1.43. The van der Waals surface area contributed by atoms with E-state index in [0.717, 1.165) is 16.3 Å². The van der Waals surface area contributed by atoms with Gasteiger partial charge in [0, 0.05) is 0 Å². The van der Waals surface area contributed by atoms with E-state index in [4.69, 9.17) is 10.5 Å². The Morgan fingerprint density at radius 3 is 2.56 bits per heavy atom. The van der Waals surface area contributed by atoms with Crippen LogP contribution < -0.4 is 26.9 Å². The Labute approximate surface area is 124 Å². The molecule has 1 aliphatic rings. The van der Waals surface area contributed by atoms with Gasteiger partial charge < -0.3 is 0 Å². The fourth-order valence-corrected chi connectivity index (χ4v) is 6.57. The maximum atomic E-state index is 6.53. The van der Waals surface area contributed by atoms with E-state index in [0.29, 0.717) is 10.0 Å². The second-order valence-electron chi connectivity index (χ2n) is 5.82. The number of hydrogen-bond acceptors (Lipinski definition) is 2. The molecule has 1 saturated heterocycles. The fourth-order valence-electron chi connectivity index (χ4n) is 2.88. The molecule has 2 nitrogen and oxygen atoms in total. The van der Waals surface area contributed by atoms with Gasteiger partial charge in [0.2, 0.25) is 0 Å². The summed E-state index contributed by atoms with van der Waals surface area (Å²) in [5, 5.41) is 0. The summed E-state index contributed by atoms with van der Waals surface area (Å²) in [6.45, 7) is 11.4. The molecule has 0 aliphatic carbocycles. The Kier molecular flexibility index (Phi) is 6.90. The van der Waals surface area contributed by atoms with Gasteiger partial charge in [0.1, 0.15) is 0 Å².